The van der Waals surface area contributed by atoms with E-state index in [0.717, 1.165) is 17.2 Å². The number of ether oxygens (including phenoxy) is 1. The van der Waals surface area contributed by atoms with Gasteiger partial charge >= 0.3 is 0 Å². The van der Waals surface area contributed by atoms with Crippen LogP contribution in [0, 0.1) is 0 Å². The minimum Gasteiger partial charge on any atom is -0.491 e. The van der Waals surface area contributed by atoms with Crippen LogP contribution in [0.1, 0.15) is 40.4 Å². The number of furan rings is 1. The molecule has 1 aromatic carbocycles. The largest absolute Gasteiger partial charge is 0.491 e. The van der Waals surface area contributed by atoms with Gasteiger partial charge in [-0.05, 0) is 71.0 Å². The van der Waals surface area contributed by atoms with Crippen LogP contribution in [0.15, 0.2) is 52.1 Å². The summed E-state index contributed by atoms with van der Waals surface area (Å²) < 4.78 is 11.0. The van der Waals surface area contributed by atoms with Gasteiger partial charge in [-0.25, -0.2) is 4.99 Å². The second kappa shape index (κ2) is 9.82. The summed E-state index contributed by atoms with van der Waals surface area (Å²) in [5.41, 5.74) is 0.534. The first kappa shape index (κ1) is 21.3. The highest BCUT2D eigenvalue weighted by molar-refractivity contribution is 5.95. The van der Waals surface area contributed by atoms with Crippen molar-refractivity contribution in [2.75, 3.05) is 11.9 Å². The Morgan fingerprint density at radius 1 is 1.18 bits per heavy atom. The Hall–Kier alpha value is -2.96. The lowest BCUT2D eigenvalue weighted by Crippen LogP contribution is -2.42. The Balaban J connectivity index is 2.04. The molecular weight excluding hydrogens is 356 g/mol. The summed E-state index contributed by atoms with van der Waals surface area (Å²) in [6.07, 6.45) is 1.73. The first-order chi connectivity index (χ1) is 13.2. The summed E-state index contributed by atoms with van der Waals surface area (Å²) in [4.78, 5) is 16.5. The molecule has 0 aliphatic carbocycles. The van der Waals surface area contributed by atoms with Crippen LogP contribution in [0.3, 0.4) is 0 Å². The molecule has 1 amide bonds. The summed E-state index contributed by atoms with van der Waals surface area (Å²) in [6, 6.07) is 11.3. The topological polar surface area (TPSA) is 87.9 Å². The first-order valence-corrected chi connectivity index (χ1v) is 9.37. The van der Waals surface area contributed by atoms with Crippen LogP contribution >= 0.6 is 0 Å². The zero-order valence-corrected chi connectivity index (χ0v) is 17.2. The average molecular weight is 386 g/mol. The Labute approximate surface area is 166 Å². The van der Waals surface area contributed by atoms with Gasteiger partial charge in [0.25, 0.3) is 0 Å². The van der Waals surface area contributed by atoms with Crippen molar-refractivity contribution >= 4 is 17.6 Å². The highest BCUT2D eigenvalue weighted by Crippen LogP contribution is 2.17. The van der Waals surface area contributed by atoms with Gasteiger partial charge in [0.1, 0.15) is 18.1 Å². The monoisotopic (exact) mass is 386 g/mol. The SMILES string of the molecule is CC(C)Oc1ccc(NC(=NCC(=O)NC(C)(C)C)NCc2ccco2)cc1. The molecule has 152 valence electrons. The van der Waals surface area contributed by atoms with Crippen LogP contribution in [-0.2, 0) is 11.3 Å². The highest BCUT2D eigenvalue weighted by atomic mass is 16.5. The standard InChI is InChI=1S/C21H30N4O3/c1-15(2)28-17-10-8-16(9-11-17)24-20(22-13-18-7-6-12-27-18)23-14-19(26)25-21(3,4)5/h6-12,15H,13-14H2,1-5H3,(H,25,26)(H2,22,23,24). The number of hydrogen-bond acceptors (Lipinski definition) is 4. The number of rotatable bonds is 7. The van der Waals surface area contributed by atoms with Crippen LogP contribution in [-0.4, -0.2) is 30.1 Å². The summed E-state index contributed by atoms with van der Waals surface area (Å²) in [7, 11) is 0. The van der Waals surface area contributed by atoms with Gasteiger partial charge in [-0.3, -0.25) is 4.79 Å². The molecule has 1 heterocycles. The fraction of sp³-hybridized carbons (Fsp3) is 0.429. The number of aliphatic imine (C=N–C) groups is 1. The quantitative estimate of drug-likeness (QED) is 0.500. The van der Waals surface area contributed by atoms with Crippen molar-refractivity contribution in [2.24, 2.45) is 4.99 Å². The second-order valence-corrected chi connectivity index (χ2v) is 7.71. The molecular formula is C21H30N4O3. The van der Waals surface area contributed by atoms with E-state index in [2.05, 4.69) is 20.9 Å². The molecule has 2 rings (SSSR count). The number of benzene rings is 1. The van der Waals surface area contributed by atoms with Crippen molar-refractivity contribution in [2.45, 2.75) is 52.8 Å². The van der Waals surface area contributed by atoms with Gasteiger partial charge in [-0.15, -0.1) is 0 Å². The molecule has 0 aliphatic heterocycles. The third-order valence-corrected chi connectivity index (χ3v) is 3.39. The minimum atomic E-state index is -0.298. The van der Waals surface area contributed by atoms with E-state index in [9.17, 15) is 4.79 Å². The Morgan fingerprint density at radius 2 is 1.89 bits per heavy atom. The van der Waals surface area contributed by atoms with Crippen LogP contribution in [0.25, 0.3) is 0 Å². The van der Waals surface area contributed by atoms with Gasteiger partial charge in [0.2, 0.25) is 5.91 Å². The normalized spacial score (nSPS) is 12.0. The van der Waals surface area contributed by atoms with Crippen LogP contribution < -0.4 is 20.7 Å². The van der Waals surface area contributed by atoms with Gasteiger partial charge in [-0.1, -0.05) is 0 Å². The predicted molar refractivity (Wildman–Crippen MR) is 112 cm³/mol. The molecule has 0 aliphatic rings. The maximum atomic E-state index is 12.1. The summed E-state index contributed by atoms with van der Waals surface area (Å²) in [5.74, 6) is 1.91. The van der Waals surface area contributed by atoms with E-state index >= 15 is 0 Å². The van der Waals surface area contributed by atoms with Gasteiger partial charge in [0.05, 0.1) is 18.9 Å². The number of carbonyl (C=O) groups excluding carboxylic acids is 1. The van der Waals surface area contributed by atoms with E-state index in [1.807, 2.05) is 71.0 Å². The van der Waals surface area contributed by atoms with Crippen LogP contribution in [0.5, 0.6) is 5.75 Å². The van der Waals surface area contributed by atoms with Crippen molar-refractivity contribution in [3.8, 4) is 5.75 Å². The molecule has 7 heteroatoms. The summed E-state index contributed by atoms with van der Waals surface area (Å²) in [5, 5.41) is 9.27. The molecule has 0 atom stereocenters. The summed E-state index contributed by atoms with van der Waals surface area (Å²) in [6.45, 7) is 10.2. The van der Waals surface area contributed by atoms with Crippen LogP contribution in [0.4, 0.5) is 5.69 Å². The minimum absolute atomic E-state index is 0.0132. The van der Waals surface area contributed by atoms with E-state index in [4.69, 9.17) is 9.15 Å². The molecule has 3 N–H and O–H groups in total. The number of anilines is 1. The number of guanidine groups is 1. The van der Waals surface area contributed by atoms with E-state index in [1.54, 1.807) is 6.26 Å². The maximum absolute atomic E-state index is 12.1. The number of carbonyl (C=O) groups is 1. The number of hydrogen-bond donors (Lipinski definition) is 3. The third-order valence-electron chi connectivity index (χ3n) is 3.39. The van der Waals surface area contributed by atoms with Gasteiger partial charge in [0, 0.05) is 11.2 Å². The van der Waals surface area contributed by atoms with E-state index in [1.165, 1.54) is 0 Å². The lowest BCUT2D eigenvalue weighted by Gasteiger charge is -2.20. The van der Waals surface area contributed by atoms with Gasteiger partial charge in [-0.2, -0.15) is 0 Å². The zero-order valence-electron chi connectivity index (χ0n) is 17.2. The van der Waals surface area contributed by atoms with Crippen LogP contribution in [0.2, 0.25) is 0 Å². The molecule has 2 aromatic rings. The van der Waals surface area contributed by atoms with Crippen molar-refractivity contribution < 1.29 is 13.9 Å². The molecule has 0 saturated carbocycles. The number of nitrogens with one attached hydrogen (secondary N) is 3. The Morgan fingerprint density at radius 3 is 2.46 bits per heavy atom. The lowest BCUT2D eigenvalue weighted by molar-refractivity contribution is -0.121. The van der Waals surface area contributed by atoms with Gasteiger partial charge in [0.15, 0.2) is 5.96 Å². The van der Waals surface area contributed by atoms with Gasteiger partial charge < -0.3 is 25.1 Å². The predicted octanol–water partition coefficient (Wildman–Crippen LogP) is 3.54. The average Bonchev–Trinajstić information content (AvgIpc) is 3.10. The van der Waals surface area contributed by atoms with E-state index in [0.29, 0.717) is 12.5 Å². The van der Waals surface area contributed by atoms with Crippen molar-refractivity contribution in [3.63, 3.8) is 0 Å². The smallest absolute Gasteiger partial charge is 0.242 e. The molecule has 0 fully saturated rings. The molecule has 1 aromatic heterocycles. The molecule has 0 spiro atoms. The van der Waals surface area contributed by atoms with Crippen molar-refractivity contribution in [3.05, 3.63) is 48.4 Å². The number of nitrogens with zero attached hydrogens (tertiary/aromatic N) is 1. The maximum Gasteiger partial charge on any atom is 0.242 e. The molecule has 28 heavy (non-hydrogen) atoms. The van der Waals surface area contributed by atoms with Crippen molar-refractivity contribution in [1.82, 2.24) is 10.6 Å². The molecule has 0 saturated heterocycles. The second-order valence-electron chi connectivity index (χ2n) is 7.71. The highest BCUT2D eigenvalue weighted by Gasteiger charge is 2.13. The molecule has 0 bridgehead atoms. The van der Waals surface area contributed by atoms with E-state index < -0.39 is 0 Å². The fourth-order valence-corrected chi connectivity index (χ4v) is 2.36. The molecule has 0 radical (unpaired) electrons. The summed E-state index contributed by atoms with van der Waals surface area (Å²) >= 11 is 0. The Bertz CT molecular complexity index is 760. The number of amides is 1. The Kier molecular flexibility index (Phi) is 7.49. The lowest BCUT2D eigenvalue weighted by atomic mass is 10.1. The van der Waals surface area contributed by atoms with E-state index in [-0.39, 0.29) is 24.1 Å². The fourth-order valence-electron chi connectivity index (χ4n) is 2.36. The van der Waals surface area contributed by atoms with Crippen molar-refractivity contribution in [1.29, 1.82) is 0 Å². The third kappa shape index (κ3) is 8.16. The first-order valence-electron chi connectivity index (χ1n) is 9.37. The molecule has 0 unspecified atom stereocenters. The molecule has 7 nitrogen and oxygen atoms in total. The zero-order chi connectivity index (χ0) is 20.6.